The summed E-state index contributed by atoms with van der Waals surface area (Å²) in [6, 6.07) is 8.49. The molecule has 5 nitrogen and oxygen atoms in total. The van der Waals surface area contributed by atoms with Gasteiger partial charge in [0.15, 0.2) is 0 Å². The molecule has 112 valence electrons. The van der Waals surface area contributed by atoms with Gasteiger partial charge in [0, 0.05) is 11.3 Å². The van der Waals surface area contributed by atoms with Crippen LogP contribution in [0.2, 0.25) is 0 Å². The van der Waals surface area contributed by atoms with Crippen molar-refractivity contribution in [2.24, 2.45) is 5.84 Å². The van der Waals surface area contributed by atoms with Gasteiger partial charge in [-0.2, -0.15) is 0 Å². The molecule has 5 heteroatoms. The van der Waals surface area contributed by atoms with Crippen molar-refractivity contribution in [1.29, 1.82) is 0 Å². The summed E-state index contributed by atoms with van der Waals surface area (Å²) in [6.45, 7) is 4.26. The number of anilines is 3. The highest BCUT2D eigenvalue weighted by Crippen LogP contribution is 2.23. The van der Waals surface area contributed by atoms with Crippen LogP contribution in [0.3, 0.4) is 0 Å². The van der Waals surface area contributed by atoms with Crippen molar-refractivity contribution in [3.8, 4) is 0 Å². The quantitative estimate of drug-likeness (QED) is 0.537. The van der Waals surface area contributed by atoms with E-state index in [1.54, 1.807) is 0 Å². The number of nitrogen functional groups attached to an aromatic ring is 1. The van der Waals surface area contributed by atoms with Gasteiger partial charge in [-0.3, -0.25) is 0 Å². The number of unbranched alkanes of at least 4 members (excludes halogenated alkanes) is 1. The SMILES string of the molecule is CCCCc1ccc(Nc2ncnc(NN)c2CC)cc1. The molecule has 0 aliphatic heterocycles. The first-order valence-electron chi connectivity index (χ1n) is 7.44. The first-order valence-corrected chi connectivity index (χ1v) is 7.44. The second kappa shape index (κ2) is 7.59. The Kier molecular flexibility index (Phi) is 5.51. The Morgan fingerprint density at radius 3 is 2.38 bits per heavy atom. The molecule has 0 saturated heterocycles. The standard InChI is InChI=1S/C16H23N5/c1-3-5-6-12-7-9-13(10-8-12)20-15-14(4-2)16(21-17)19-11-18-15/h7-11H,3-6,17H2,1-2H3,(H2,18,19,20,21). The summed E-state index contributed by atoms with van der Waals surface area (Å²) in [6.07, 6.45) is 5.88. The molecule has 0 bridgehead atoms. The van der Waals surface area contributed by atoms with Crippen LogP contribution in [0.15, 0.2) is 30.6 Å². The minimum Gasteiger partial charge on any atom is -0.340 e. The van der Waals surface area contributed by atoms with Crippen LogP contribution >= 0.6 is 0 Å². The zero-order chi connectivity index (χ0) is 15.1. The lowest BCUT2D eigenvalue weighted by atomic mass is 10.1. The smallest absolute Gasteiger partial charge is 0.148 e. The Balaban J connectivity index is 2.14. The Hall–Kier alpha value is -2.14. The topological polar surface area (TPSA) is 75.9 Å². The predicted octanol–water partition coefficient (Wildman–Crippen LogP) is 3.41. The second-order valence-corrected chi connectivity index (χ2v) is 4.97. The molecule has 2 rings (SSSR count). The Labute approximate surface area is 126 Å². The first kappa shape index (κ1) is 15.3. The molecule has 0 saturated carbocycles. The van der Waals surface area contributed by atoms with Gasteiger partial charge in [0.1, 0.15) is 18.0 Å². The van der Waals surface area contributed by atoms with Crippen molar-refractivity contribution in [2.45, 2.75) is 39.5 Å². The Bertz CT molecular complexity index is 565. The number of hydrazine groups is 1. The van der Waals surface area contributed by atoms with Crippen molar-refractivity contribution in [1.82, 2.24) is 9.97 Å². The molecule has 0 aliphatic rings. The normalized spacial score (nSPS) is 10.4. The monoisotopic (exact) mass is 285 g/mol. The van der Waals surface area contributed by atoms with Crippen LogP contribution in [0.1, 0.15) is 37.8 Å². The minimum absolute atomic E-state index is 0.662. The van der Waals surface area contributed by atoms with Crippen molar-refractivity contribution >= 4 is 17.3 Å². The summed E-state index contributed by atoms with van der Waals surface area (Å²) in [7, 11) is 0. The van der Waals surface area contributed by atoms with Gasteiger partial charge in [-0.05, 0) is 37.0 Å². The van der Waals surface area contributed by atoms with Crippen LogP contribution < -0.4 is 16.6 Å². The van der Waals surface area contributed by atoms with E-state index in [9.17, 15) is 0 Å². The largest absolute Gasteiger partial charge is 0.340 e. The van der Waals surface area contributed by atoms with Gasteiger partial charge in [-0.25, -0.2) is 15.8 Å². The summed E-state index contributed by atoms with van der Waals surface area (Å²) in [5.74, 6) is 6.94. The van der Waals surface area contributed by atoms with E-state index in [0.717, 1.165) is 29.9 Å². The van der Waals surface area contributed by atoms with Crippen LogP contribution in [0.5, 0.6) is 0 Å². The number of aryl methyl sites for hydroxylation is 1. The molecule has 2 aromatic rings. The van der Waals surface area contributed by atoms with Crippen molar-refractivity contribution in [2.75, 3.05) is 10.7 Å². The van der Waals surface area contributed by atoms with E-state index in [1.807, 2.05) is 0 Å². The van der Waals surface area contributed by atoms with Crippen LogP contribution in [-0.4, -0.2) is 9.97 Å². The predicted molar refractivity (Wildman–Crippen MR) is 87.6 cm³/mol. The van der Waals surface area contributed by atoms with E-state index in [2.05, 4.69) is 58.8 Å². The number of hydrogen-bond acceptors (Lipinski definition) is 5. The number of nitrogens with zero attached hydrogens (tertiary/aromatic N) is 2. The van der Waals surface area contributed by atoms with E-state index in [0.29, 0.717) is 5.82 Å². The number of benzene rings is 1. The molecule has 1 aromatic carbocycles. The van der Waals surface area contributed by atoms with Crippen molar-refractivity contribution in [3.05, 3.63) is 41.7 Å². The van der Waals surface area contributed by atoms with Crippen LogP contribution in [0, 0.1) is 0 Å². The Morgan fingerprint density at radius 2 is 1.76 bits per heavy atom. The first-order chi connectivity index (χ1) is 10.3. The fourth-order valence-electron chi connectivity index (χ4n) is 2.25. The molecule has 0 spiro atoms. The molecule has 0 unspecified atom stereocenters. The van der Waals surface area contributed by atoms with Crippen LogP contribution in [0.4, 0.5) is 17.3 Å². The zero-order valence-corrected chi connectivity index (χ0v) is 12.7. The molecule has 0 atom stereocenters. The maximum absolute atomic E-state index is 5.49. The third-order valence-corrected chi connectivity index (χ3v) is 3.47. The number of rotatable bonds is 7. The number of nitrogens with one attached hydrogen (secondary N) is 2. The molecular formula is C16H23N5. The zero-order valence-electron chi connectivity index (χ0n) is 12.7. The molecule has 0 radical (unpaired) electrons. The maximum Gasteiger partial charge on any atom is 0.148 e. The summed E-state index contributed by atoms with van der Waals surface area (Å²) in [4.78, 5) is 8.44. The van der Waals surface area contributed by atoms with Gasteiger partial charge >= 0.3 is 0 Å². The third-order valence-electron chi connectivity index (χ3n) is 3.47. The Morgan fingerprint density at radius 1 is 1.05 bits per heavy atom. The highest BCUT2D eigenvalue weighted by Gasteiger charge is 2.08. The van der Waals surface area contributed by atoms with Gasteiger partial charge in [0.25, 0.3) is 0 Å². The highest BCUT2D eigenvalue weighted by molar-refractivity contribution is 5.64. The number of hydrogen-bond donors (Lipinski definition) is 3. The summed E-state index contributed by atoms with van der Waals surface area (Å²) in [5.41, 5.74) is 5.98. The van der Waals surface area contributed by atoms with E-state index in [-0.39, 0.29) is 0 Å². The molecule has 1 heterocycles. The average molecular weight is 285 g/mol. The number of aromatic nitrogens is 2. The maximum atomic E-state index is 5.49. The lowest BCUT2D eigenvalue weighted by Crippen LogP contribution is -2.13. The third kappa shape index (κ3) is 3.92. The summed E-state index contributed by atoms with van der Waals surface area (Å²) >= 11 is 0. The fraction of sp³-hybridized carbons (Fsp3) is 0.375. The molecule has 21 heavy (non-hydrogen) atoms. The van der Waals surface area contributed by atoms with Gasteiger partial charge in [0.2, 0.25) is 0 Å². The average Bonchev–Trinajstić information content (AvgIpc) is 2.54. The second-order valence-electron chi connectivity index (χ2n) is 4.97. The van der Waals surface area contributed by atoms with Crippen LogP contribution in [-0.2, 0) is 12.8 Å². The molecular weight excluding hydrogens is 262 g/mol. The van der Waals surface area contributed by atoms with Crippen molar-refractivity contribution in [3.63, 3.8) is 0 Å². The molecule has 4 N–H and O–H groups in total. The van der Waals surface area contributed by atoms with E-state index in [4.69, 9.17) is 5.84 Å². The minimum atomic E-state index is 0.662. The highest BCUT2D eigenvalue weighted by atomic mass is 15.3. The van der Waals surface area contributed by atoms with E-state index in [1.165, 1.54) is 24.7 Å². The van der Waals surface area contributed by atoms with E-state index < -0.39 is 0 Å². The van der Waals surface area contributed by atoms with Gasteiger partial charge < -0.3 is 10.7 Å². The summed E-state index contributed by atoms with van der Waals surface area (Å²) in [5, 5.41) is 3.33. The van der Waals surface area contributed by atoms with E-state index >= 15 is 0 Å². The lowest BCUT2D eigenvalue weighted by molar-refractivity contribution is 0.795. The van der Waals surface area contributed by atoms with Crippen LogP contribution in [0.25, 0.3) is 0 Å². The summed E-state index contributed by atoms with van der Waals surface area (Å²) < 4.78 is 0. The molecule has 0 amide bonds. The lowest BCUT2D eigenvalue weighted by Gasteiger charge is -2.13. The molecule has 0 fully saturated rings. The number of nitrogens with two attached hydrogens (primary N) is 1. The fourth-order valence-corrected chi connectivity index (χ4v) is 2.25. The molecule has 1 aromatic heterocycles. The van der Waals surface area contributed by atoms with Gasteiger partial charge in [-0.1, -0.05) is 32.4 Å². The van der Waals surface area contributed by atoms with Gasteiger partial charge in [-0.15, -0.1) is 0 Å². The van der Waals surface area contributed by atoms with Gasteiger partial charge in [0.05, 0.1) is 0 Å². The molecule has 0 aliphatic carbocycles. The van der Waals surface area contributed by atoms with Crippen molar-refractivity contribution < 1.29 is 0 Å².